The third-order valence-corrected chi connectivity index (χ3v) is 6.18. The molecule has 0 radical (unpaired) electrons. The number of hydrogen-bond donors (Lipinski definition) is 4. The number of nitrogens with one attached hydrogen (secondary N) is 4. The van der Waals surface area contributed by atoms with Crippen LogP contribution in [0.3, 0.4) is 0 Å². The summed E-state index contributed by atoms with van der Waals surface area (Å²) in [7, 11) is 0. The molecule has 2 atom stereocenters. The molecule has 0 aromatic heterocycles. The van der Waals surface area contributed by atoms with E-state index >= 15 is 0 Å². The Balaban J connectivity index is 1.20. The van der Waals surface area contributed by atoms with Gasteiger partial charge in [-0.25, -0.2) is 0 Å². The minimum absolute atomic E-state index is 0.0297. The summed E-state index contributed by atoms with van der Waals surface area (Å²) in [5.41, 5.74) is 2.14. The van der Waals surface area contributed by atoms with Crippen LogP contribution in [0.1, 0.15) is 25.7 Å². The molecule has 10 nitrogen and oxygen atoms in total. The van der Waals surface area contributed by atoms with E-state index in [0.717, 1.165) is 6.42 Å². The third kappa shape index (κ3) is 4.66. The summed E-state index contributed by atoms with van der Waals surface area (Å²) in [6.45, 7) is -0.0593. The normalized spacial score (nSPS) is 20.9. The van der Waals surface area contributed by atoms with Crippen LogP contribution in [0.4, 0.5) is 22.7 Å². The van der Waals surface area contributed by atoms with Gasteiger partial charge in [-0.15, -0.1) is 0 Å². The van der Waals surface area contributed by atoms with Crippen molar-refractivity contribution >= 4 is 46.4 Å². The molecule has 1 aliphatic carbocycles. The maximum atomic E-state index is 12.9. The predicted octanol–water partition coefficient (Wildman–Crippen LogP) is 2.73. The van der Waals surface area contributed by atoms with E-state index in [9.17, 15) is 19.2 Å². The number of benzene rings is 2. The van der Waals surface area contributed by atoms with Gasteiger partial charge in [-0.1, -0.05) is 6.42 Å². The zero-order chi connectivity index (χ0) is 23.7. The lowest BCUT2D eigenvalue weighted by molar-refractivity contribution is -0.125. The zero-order valence-corrected chi connectivity index (χ0v) is 18.3. The van der Waals surface area contributed by atoms with Gasteiger partial charge in [-0.2, -0.15) is 0 Å². The van der Waals surface area contributed by atoms with E-state index in [4.69, 9.17) is 9.47 Å². The molecule has 2 aromatic rings. The second kappa shape index (κ2) is 9.05. The maximum Gasteiger partial charge on any atom is 0.262 e. The van der Waals surface area contributed by atoms with Gasteiger partial charge in [0.25, 0.3) is 11.8 Å². The molecular weight excluding hydrogens is 440 g/mol. The molecule has 2 heterocycles. The number of carbonyl (C=O) groups excluding carboxylic acids is 4. The topological polar surface area (TPSA) is 135 Å². The lowest BCUT2D eigenvalue weighted by atomic mass is 9.80. The second-order valence-corrected chi connectivity index (χ2v) is 8.63. The van der Waals surface area contributed by atoms with E-state index in [1.165, 1.54) is 0 Å². The minimum Gasteiger partial charge on any atom is -0.482 e. The summed E-state index contributed by atoms with van der Waals surface area (Å²) in [5, 5.41) is 11.2. The molecule has 0 saturated heterocycles. The molecule has 0 bridgehead atoms. The molecule has 4 N–H and O–H groups in total. The van der Waals surface area contributed by atoms with Crippen molar-refractivity contribution in [1.29, 1.82) is 0 Å². The van der Waals surface area contributed by atoms with Crippen molar-refractivity contribution in [3.63, 3.8) is 0 Å². The molecule has 0 spiro atoms. The van der Waals surface area contributed by atoms with Gasteiger partial charge in [0.2, 0.25) is 11.8 Å². The third-order valence-electron chi connectivity index (χ3n) is 6.18. The van der Waals surface area contributed by atoms with Crippen molar-refractivity contribution in [2.45, 2.75) is 25.7 Å². The Hall–Kier alpha value is -4.08. The van der Waals surface area contributed by atoms with Crippen LogP contribution in [0.5, 0.6) is 11.5 Å². The van der Waals surface area contributed by atoms with Gasteiger partial charge in [0.1, 0.15) is 11.5 Å². The lowest BCUT2D eigenvalue weighted by Gasteiger charge is -2.28. The van der Waals surface area contributed by atoms with Crippen LogP contribution < -0.4 is 30.7 Å². The SMILES string of the molecule is O=C1COc2ccc(NC(=O)C3CCCC(C(=O)Nc4ccc5c(c4)NC(=O)CO5)C3)cc2N1. The van der Waals surface area contributed by atoms with Crippen molar-refractivity contribution in [2.24, 2.45) is 11.8 Å². The van der Waals surface area contributed by atoms with Crippen molar-refractivity contribution in [2.75, 3.05) is 34.5 Å². The zero-order valence-electron chi connectivity index (χ0n) is 18.3. The quantitative estimate of drug-likeness (QED) is 0.550. The lowest BCUT2D eigenvalue weighted by Crippen LogP contribution is -2.33. The van der Waals surface area contributed by atoms with Crippen LogP contribution in [0, 0.1) is 11.8 Å². The molecule has 2 unspecified atom stereocenters. The summed E-state index contributed by atoms with van der Waals surface area (Å²) in [6.07, 6.45) is 2.59. The fourth-order valence-electron chi connectivity index (χ4n) is 4.48. The van der Waals surface area contributed by atoms with Gasteiger partial charge in [-0.05, 0) is 55.7 Å². The largest absolute Gasteiger partial charge is 0.482 e. The Morgan fingerprint density at radius 2 is 1.24 bits per heavy atom. The molecule has 176 valence electrons. The predicted molar refractivity (Wildman–Crippen MR) is 124 cm³/mol. The molecule has 1 fully saturated rings. The fourth-order valence-corrected chi connectivity index (χ4v) is 4.48. The molecule has 4 amide bonds. The highest BCUT2D eigenvalue weighted by Gasteiger charge is 2.31. The van der Waals surface area contributed by atoms with Crippen LogP contribution in [0.2, 0.25) is 0 Å². The number of rotatable bonds is 4. The number of ether oxygens (including phenoxy) is 2. The molecule has 1 saturated carbocycles. The Morgan fingerprint density at radius 1 is 0.765 bits per heavy atom. The van der Waals surface area contributed by atoms with Gasteiger partial charge in [0, 0.05) is 23.2 Å². The van der Waals surface area contributed by atoms with Gasteiger partial charge in [-0.3, -0.25) is 19.2 Å². The van der Waals surface area contributed by atoms with Crippen LogP contribution in [-0.2, 0) is 19.2 Å². The van der Waals surface area contributed by atoms with Gasteiger partial charge >= 0.3 is 0 Å². The van der Waals surface area contributed by atoms with E-state index in [1.54, 1.807) is 36.4 Å². The molecule has 34 heavy (non-hydrogen) atoms. The van der Waals surface area contributed by atoms with Gasteiger partial charge in [0.15, 0.2) is 13.2 Å². The summed E-state index contributed by atoms with van der Waals surface area (Å²) >= 11 is 0. The molecular formula is C24H24N4O6. The number of carbonyl (C=O) groups is 4. The number of anilines is 4. The van der Waals surface area contributed by atoms with Crippen LogP contribution in [0.25, 0.3) is 0 Å². The van der Waals surface area contributed by atoms with Crippen molar-refractivity contribution in [3.05, 3.63) is 36.4 Å². The van der Waals surface area contributed by atoms with Crippen molar-refractivity contribution in [1.82, 2.24) is 0 Å². The van der Waals surface area contributed by atoms with E-state index in [1.807, 2.05) is 0 Å². The molecule has 5 rings (SSSR count). The van der Waals surface area contributed by atoms with Crippen LogP contribution in [-0.4, -0.2) is 36.8 Å². The van der Waals surface area contributed by atoms with Crippen LogP contribution >= 0.6 is 0 Å². The highest BCUT2D eigenvalue weighted by Crippen LogP contribution is 2.34. The smallest absolute Gasteiger partial charge is 0.262 e. The Labute approximate surface area is 195 Å². The standard InChI is InChI=1S/C24H24N4O6/c29-21-11-33-19-6-4-15(9-17(19)27-21)25-23(31)13-2-1-3-14(8-13)24(32)26-16-5-7-20-18(10-16)28-22(30)12-34-20/h4-7,9-10,13-14H,1-3,8,11-12H2,(H,25,31)(H,26,32)(H,27,29)(H,28,30). The summed E-state index contributed by atoms with van der Waals surface area (Å²) in [4.78, 5) is 48.9. The number of fused-ring (bicyclic) bond motifs is 2. The van der Waals surface area contributed by atoms with Crippen molar-refractivity contribution < 1.29 is 28.7 Å². The van der Waals surface area contributed by atoms with E-state index < -0.39 is 0 Å². The second-order valence-electron chi connectivity index (χ2n) is 8.63. The van der Waals surface area contributed by atoms with E-state index in [2.05, 4.69) is 21.3 Å². The summed E-state index contributed by atoms with van der Waals surface area (Å²) in [6, 6.07) is 10.2. The summed E-state index contributed by atoms with van der Waals surface area (Å²) < 4.78 is 10.7. The van der Waals surface area contributed by atoms with Crippen molar-refractivity contribution in [3.8, 4) is 11.5 Å². The maximum absolute atomic E-state index is 12.9. The Kier molecular flexibility index (Phi) is 5.79. The van der Waals surface area contributed by atoms with Gasteiger partial charge < -0.3 is 30.7 Å². The monoisotopic (exact) mass is 464 g/mol. The number of hydrogen-bond acceptors (Lipinski definition) is 6. The molecule has 2 aromatic carbocycles. The number of amides is 4. The summed E-state index contributed by atoms with van der Waals surface area (Å²) in [5.74, 6) is -0.300. The average Bonchev–Trinajstić information content (AvgIpc) is 2.83. The van der Waals surface area contributed by atoms with E-state index in [-0.39, 0.29) is 48.7 Å². The van der Waals surface area contributed by atoms with E-state index in [0.29, 0.717) is 53.5 Å². The first-order valence-electron chi connectivity index (χ1n) is 11.2. The van der Waals surface area contributed by atoms with Crippen LogP contribution in [0.15, 0.2) is 36.4 Å². The first-order valence-corrected chi connectivity index (χ1v) is 11.2. The van der Waals surface area contributed by atoms with Gasteiger partial charge in [0.05, 0.1) is 11.4 Å². The molecule has 10 heteroatoms. The fraction of sp³-hybridized carbons (Fsp3) is 0.333. The average molecular weight is 464 g/mol. The highest BCUT2D eigenvalue weighted by molar-refractivity contribution is 6.00. The first-order chi connectivity index (χ1) is 16.4. The Bertz CT molecular complexity index is 1090. The molecule has 2 aliphatic heterocycles. The molecule has 3 aliphatic rings. The minimum atomic E-state index is -0.303. The Morgan fingerprint density at radius 3 is 1.71 bits per heavy atom. The first kappa shape index (κ1) is 21.7. The highest BCUT2D eigenvalue weighted by atomic mass is 16.5.